The lowest BCUT2D eigenvalue weighted by atomic mass is 9.82. The van der Waals surface area contributed by atoms with E-state index in [1.165, 1.54) is 0 Å². The van der Waals surface area contributed by atoms with Gasteiger partial charge in [-0.1, -0.05) is 60.7 Å². The number of rotatable bonds is 8. The van der Waals surface area contributed by atoms with Crippen LogP contribution in [0.2, 0.25) is 0 Å². The molecule has 1 atom stereocenters. The molecule has 0 amide bonds. The topological polar surface area (TPSA) is 61.8 Å². The number of ketones is 1. The second kappa shape index (κ2) is 9.27. The Bertz CT molecular complexity index is 1090. The van der Waals surface area contributed by atoms with E-state index in [1.54, 1.807) is 26.0 Å². The van der Waals surface area contributed by atoms with E-state index in [-0.39, 0.29) is 12.2 Å². The van der Waals surface area contributed by atoms with Gasteiger partial charge in [-0.2, -0.15) is 0 Å². The van der Waals surface area contributed by atoms with E-state index in [4.69, 9.17) is 14.2 Å². The Balaban J connectivity index is 1.65. The van der Waals surface area contributed by atoms with Crippen LogP contribution in [0.1, 0.15) is 41.8 Å². The lowest BCUT2D eigenvalue weighted by molar-refractivity contribution is -0.119. The Hall–Kier alpha value is -3.60. The highest BCUT2D eigenvalue weighted by atomic mass is 16.5. The predicted molar refractivity (Wildman–Crippen MR) is 121 cm³/mol. The Labute approximate surface area is 187 Å². The smallest absolute Gasteiger partial charge is 0.174 e. The van der Waals surface area contributed by atoms with Crippen LogP contribution < -0.4 is 14.2 Å². The molecule has 164 valence electrons. The maximum absolute atomic E-state index is 13.1. The quantitative estimate of drug-likeness (QED) is 0.448. The molecule has 1 heterocycles. The van der Waals surface area contributed by atoms with Crippen molar-refractivity contribution < 1.29 is 23.8 Å². The van der Waals surface area contributed by atoms with Crippen molar-refractivity contribution in [2.24, 2.45) is 5.41 Å². The molecule has 3 aromatic rings. The maximum atomic E-state index is 13.1. The zero-order valence-corrected chi connectivity index (χ0v) is 18.2. The zero-order valence-electron chi connectivity index (χ0n) is 18.2. The lowest BCUT2D eigenvalue weighted by Gasteiger charge is -2.34. The number of benzene rings is 3. The van der Waals surface area contributed by atoms with Gasteiger partial charge in [-0.25, -0.2) is 0 Å². The third-order valence-electron chi connectivity index (χ3n) is 5.58. The van der Waals surface area contributed by atoms with Crippen LogP contribution in [0, 0.1) is 5.41 Å². The van der Waals surface area contributed by atoms with Crippen LogP contribution in [0.25, 0.3) is 0 Å². The standard InChI is InChI=1S/C27H26O5/c1-27(2,18-28)25-15-22(29)26-23(31-17-20-11-7-4-8-12-20)13-21(14-24(26)32-25)30-16-19-9-5-3-6-10-19/h3-14,18,25H,15-17H2,1-2H3. The second-order valence-electron chi connectivity index (χ2n) is 8.52. The van der Waals surface area contributed by atoms with E-state index < -0.39 is 11.5 Å². The highest BCUT2D eigenvalue weighted by Gasteiger charge is 2.39. The fourth-order valence-electron chi connectivity index (χ4n) is 3.56. The fraction of sp³-hybridized carbons (Fsp3) is 0.259. The molecule has 4 rings (SSSR count). The third-order valence-corrected chi connectivity index (χ3v) is 5.58. The zero-order chi connectivity index (χ0) is 22.6. The number of hydrogen-bond donors (Lipinski definition) is 0. The van der Waals surface area contributed by atoms with Gasteiger partial charge in [0.2, 0.25) is 0 Å². The monoisotopic (exact) mass is 430 g/mol. The molecular weight excluding hydrogens is 404 g/mol. The van der Waals surface area contributed by atoms with Crippen molar-refractivity contribution in [3.63, 3.8) is 0 Å². The molecule has 0 aliphatic carbocycles. The summed E-state index contributed by atoms with van der Waals surface area (Å²) >= 11 is 0. The van der Waals surface area contributed by atoms with Gasteiger partial charge in [-0.05, 0) is 25.0 Å². The van der Waals surface area contributed by atoms with E-state index in [0.717, 1.165) is 17.4 Å². The summed E-state index contributed by atoms with van der Waals surface area (Å²) in [6.07, 6.45) is 0.398. The number of hydrogen-bond acceptors (Lipinski definition) is 5. The SMILES string of the molecule is CC(C)(C=O)C1CC(=O)c2c(OCc3ccccc3)cc(OCc3ccccc3)cc2O1. The van der Waals surface area contributed by atoms with Crippen LogP contribution in [0.5, 0.6) is 17.2 Å². The first kappa shape index (κ1) is 21.6. The van der Waals surface area contributed by atoms with Crippen LogP contribution in [-0.4, -0.2) is 18.2 Å². The maximum Gasteiger partial charge on any atom is 0.174 e. The molecule has 0 radical (unpaired) electrons. The Morgan fingerprint density at radius 1 is 0.938 bits per heavy atom. The average Bonchev–Trinajstić information content (AvgIpc) is 2.82. The van der Waals surface area contributed by atoms with Crippen LogP contribution in [0.3, 0.4) is 0 Å². The van der Waals surface area contributed by atoms with E-state index in [9.17, 15) is 9.59 Å². The molecule has 1 aliphatic heterocycles. The summed E-state index contributed by atoms with van der Waals surface area (Å²) < 4.78 is 18.2. The first-order chi connectivity index (χ1) is 15.5. The number of Topliss-reactive ketones (excluding diaryl/α,β-unsaturated/α-hetero) is 1. The van der Waals surface area contributed by atoms with Crippen molar-refractivity contribution in [2.75, 3.05) is 0 Å². The first-order valence-electron chi connectivity index (χ1n) is 10.6. The predicted octanol–water partition coefficient (Wildman–Crippen LogP) is 5.40. The molecule has 0 spiro atoms. The van der Waals surface area contributed by atoms with Gasteiger partial charge in [-0.3, -0.25) is 4.79 Å². The summed E-state index contributed by atoms with van der Waals surface area (Å²) in [5.74, 6) is 1.23. The van der Waals surface area contributed by atoms with Gasteiger partial charge >= 0.3 is 0 Å². The van der Waals surface area contributed by atoms with Crippen molar-refractivity contribution >= 4 is 12.1 Å². The molecule has 0 N–H and O–H groups in total. The normalized spacial score (nSPS) is 15.4. The summed E-state index contributed by atoms with van der Waals surface area (Å²) in [5.41, 5.74) is 1.61. The number of aldehydes is 1. The van der Waals surface area contributed by atoms with Crippen molar-refractivity contribution in [2.45, 2.75) is 39.6 Å². The molecule has 5 nitrogen and oxygen atoms in total. The molecule has 0 saturated carbocycles. The number of fused-ring (bicyclic) bond motifs is 1. The van der Waals surface area contributed by atoms with Crippen molar-refractivity contribution in [3.8, 4) is 17.2 Å². The summed E-state index contributed by atoms with van der Waals surface area (Å²) in [6.45, 7) is 4.22. The molecule has 5 heteroatoms. The van der Waals surface area contributed by atoms with Crippen molar-refractivity contribution in [3.05, 3.63) is 89.5 Å². The Morgan fingerprint density at radius 3 is 2.12 bits per heavy atom. The van der Waals surface area contributed by atoms with Gasteiger partial charge < -0.3 is 19.0 Å². The van der Waals surface area contributed by atoms with Gasteiger partial charge in [0, 0.05) is 18.6 Å². The molecule has 0 bridgehead atoms. The molecular formula is C27H26O5. The van der Waals surface area contributed by atoms with Crippen LogP contribution in [0.15, 0.2) is 72.8 Å². The Morgan fingerprint density at radius 2 is 1.53 bits per heavy atom. The van der Waals surface area contributed by atoms with Gasteiger partial charge in [0.1, 0.15) is 48.4 Å². The molecule has 1 aliphatic rings. The minimum atomic E-state index is -0.792. The molecule has 32 heavy (non-hydrogen) atoms. The van der Waals surface area contributed by atoms with Crippen LogP contribution in [0.4, 0.5) is 0 Å². The van der Waals surface area contributed by atoms with Crippen molar-refractivity contribution in [1.82, 2.24) is 0 Å². The number of carbonyl (C=O) groups is 2. The number of ether oxygens (including phenoxy) is 3. The number of carbonyl (C=O) groups excluding carboxylic acids is 2. The molecule has 3 aromatic carbocycles. The van der Waals surface area contributed by atoms with E-state index >= 15 is 0 Å². The average molecular weight is 431 g/mol. The molecule has 0 fully saturated rings. The highest BCUT2D eigenvalue weighted by molar-refractivity contribution is 6.03. The summed E-state index contributed by atoms with van der Waals surface area (Å²) in [5, 5.41) is 0. The second-order valence-corrected chi connectivity index (χ2v) is 8.52. The van der Waals surface area contributed by atoms with E-state index in [0.29, 0.717) is 36.0 Å². The fourth-order valence-corrected chi connectivity index (χ4v) is 3.56. The lowest BCUT2D eigenvalue weighted by Crippen LogP contribution is -2.40. The van der Waals surface area contributed by atoms with E-state index in [1.807, 2.05) is 60.7 Å². The van der Waals surface area contributed by atoms with Crippen LogP contribution in [-0.2, 0) is 18.0 Å². The third kappa shape index (κ3) is 4.83. The van der Waals surface area contributed by atoms with Crippen molar-refractivity contribution in [1.29, 1.82) is 0 Å². The minimum absolute atomic E-state index is 0.108. The summed E-state index contributed by atoms with van der Waals surface area (Å²) in [4.78, 5) is 24.6. The highest BCUT2D eigenvalue weighted by Crippen LogP contribution is 2.42. The van der Waals surface area contributed by atoms with Gasteiger partial charge in [0.15, 0.2) is 5.78 Å². The first-order valence-corrected chi connectivity index (χ1v) is 10.6. The van der Waals surface area contributed by atoms with Gasteiger partial charge in [0.25, 0.3) is 0 Å². The van der Waals surface area contributed by atoms with Gasteiger partial charge in [0.05, 0.1) is 5.41 Å². The summed E-state index contributed by atoms with van der Waals surface area (Å²) in [6, 6.07) is 23.0. The van der Waals surface area contributed by atoms with Crippen LogP contribution >= 0.6 is 0 Å². The largest absolute Gasteiger partial charge is 0.489 e. The molecule has 0 saturated heterocycles. The summed E-state index contributed by atoms with van der Waals surface area (Å²) in [7, 11) is 0. The van der Waals surface area contributed by atoms with Gasteiger partial charge in [-0.15, -0.1) is 0 Å². The van der Waals surface area contributed by atoms with E-state index in [2.05, 4.69) is 0 Å². The molecule has 0 aromatic heterocycles. The minimum Gasteiger partial charge on any atom is -0.489 e. The Kier molecular flexibility index (Phi) is 6.26. The molecule has 1 unspecified atom stereocenters.